The molecule has 0 aliphatic heterocycles. The van der Waals surface area contributed by atoms with E-state index in [-0.39, 0.29) is 0 Å². The molecule has 2 nitrogen and oxygen atoms in total. The van der Waals surface area contributed by atoms with Crippen LogP contribution in [0.3, 0.4) is 0 Å². The molecule has 0 saturated carbocycles. The van der Waals surface area contributed by atoms with E-state index in [1.165, 1.54) is 0 Å². The molecule has 1 aromatic heterocycles. The number of pyridine rings is 1. The molecular formula is C8H7NO. The largest absolute Gasteiger partial charge is 0.497 e. The van der Waals surface area contributed by atoms with E-state index in [1.807, 2.05) is 0 Å². The maximum atomic E-state index is 5.11. The van der Waals surface area contributed by atoms with Crippen molar-refractivity contribution in [1.29, 1.82) is 0 Å². The van der Waals surface area contributed by atoms with Gasteiger partial charge in [0.2, 0.25) is 0 Å². The molecule has 50 valence electrons. The highest BCUT2D eigenvalue weighted by Crippen LogP contribution is 2.08. The number of methoxy groups -OCH3 is 1. The van der Waals surface area contributed by atoms with Crippen LogP contribution in [0, 0.1) is 12.3 Å². The summed E-state index contributed by atoms with van der Waals surface area (Å²) < 4.78 is 4.92. The Kier molecular flexibility index (Phi) is 1.91. The first-order valence-corrected chi connectivity index (χ1v) is 2.83. The van der Waals surface area contributed by atoms with Gasteiger partial charge < -0.3 is 4.74 Å². The predicted molar refractivity (Wildman–Crippen MR) is 38.7 cm³/mol. The summed E-state index contributed by atoms with van der Waals surface area (Å²) in [5.74, 6) is 3.15. The lowest BCUT2D eigenvalue weighted by molar-refractivity contribution is 0.414. The van der Waals surface area contributed by atoms with Crippen molar-refractivity contribution in [1.82, 2.24) is 4.98 Å². The molecule has 0 radical (unpaired) electrons. The van der Waals surface area contributed by atoms with Crippen molar-refractivity contribution in [2.75, 3.05) is 7.11 Å². The van der Waals surface area contributed by atoms with Crippen molar-refractivity contribution in [3.8, 4) is 18.1 Å². The Bertz CT molecular complexity index is 262. The van der Waals surface area contributed by atoms with E-state index in [0.717, 1.165) is 5.75 Å². The number of hydrogen-bond acceptors (Lipinski definition) is 2. The van der Waals surface area contributed by atoms with Gasteiger partial charge in [-0.05, 0) is 6.07 Å². The molecule has 0 aliphatic rings. The molecule has 0 aromatic carbocycles. The third-order valence-corrected chi connectivity index (χ3v) is 1.11. The Morgan fingerprint density at radius 1 is 1.70 bits per heavy atom. The highest BCUT2D eigenvalue weighted by Gasteiger charge is 1.90. The second kappa shape index (κ2) is 2.88. The number of hydrogen-bond donors (Lipinski definition) is 0. The van der Waals surface area contributed by atoms with Crippen LogP contribution in [0.25, 0.3) is 0 Å². The predicted octanol–water partition coefficient (Wildman–Crippen LogP) is 1.07. The summed E-state index contributed by atoms with van der Waals surface area (Å²) in [7, 11) is 1.59. The molecule has 1 aromatic rings. The van der Waals surface area contributed by atoms with Crippen LogP contribution in [0.4, 0.5) is 0 Å². The first-order chi connectivity index (χ1) is 4.86. The highest BCUT2D eigenvalue weighted by atomic mass is 16.5. The molecule has 2 heteroatoms. The minimum absolute atomic E-state index is 0.597. The quantitative estimate of drug-likeness (QED) is 0.534. The van der Waals surface area contributed by atoms with E-state index in [0.29, 0.717) is 5.69 Å². The van der Waals surface area contributed by atoms with E-state index in [2.05, 4.69) is 10.9 Å². The van der Waals surface area contributed by atoms with Gasteiger partial charge in [0.05, 0.1) is 7.11 Å². The second-order valence-electron chi connectivity index (χ2n) is 1.73. The van der Waals surface area contributed by atoms with Crippen LogP contribution in [-0.2, 0) is 0 Å². The molecule has 1 rings (SSSR count). The monoisotopic (exact) mass is 133 g/mol. The van der Waals surface area contributed by atoms with E-state index in [9.17, 15) is 0 Å². The van der Waals surface area contributed by atoms with Gasteiger partial charge in [-0.15, -0.1) is 6.42 Å². The summed E-state index contributed by atoms with van der Waals surface area (Å²) in [6.45, 7) is 0. The fourth-order valence-electron chi connectivity index (χ4n) is 0.617. The molecule has 0 bridgehead atoms. The summed E-state index contributed by atoms with van der Waals surface area (Å²) in [5, 5.41) is 0. The minimum Gasteiger partial charge on any atom is -0.497 e. The third kappa shape index (κ3) is 1.26. The lowest BCUT2D eigenvalue weighted by atomic mass is 10.3. The summed E-state index contributed by atoms with van der Waals surface area (Å²) in [6.07, 6.45) is 6.72. The van der Waals surface area contributed by atoms with Gasteiger partial charge in [-0.3, -0.25) is 0 Å². The average Bonchev–Trinajstić information content (AvgIpc) is 2.05. The van der Waals surface area contributed by atoms with Crippen LogP contribution in [-0.4, -0.2) is 12.1 Å². The lowest BCUT2D eigenvalue weighted by Crippen LogP contribution is -1.85. The SMILES string of the molecule is C#Cc1cc(OC)ccn1. The lowest BCUT2D eigenvalue weighted by Gasteiger charge is -1.96. The van der Waals surface area contributed by atoms with Crippen LogP contribution in [0.5, 0.6) is 5.75 Å². The van der Waals surface area contributed by atoms with Crippen LogP contribution >= 0.6 is 0 Å². The van der Waals surface area contributed by atoms with Crippen molar-refractivity contribution < 1.29 is 4.74 Å². The number of aromatic nitrogens is 1. The van der Waals surface area contributed by atoms with Gasteiger partial charge in [-0.25, -0.2) is 4.98 Å². The van der Waals surface area contributed by atoms with Crippen LogP contribution in [0.1, 0.15) is 5.69 Å². The van der Waals surface area contributed by atoms with Gasteiger partial charge in [-0.2, -0.15) is 0 Å². The molecule has 0 saturated heterocycles. The molecule has 0 unspecified atom stereocenters. The van der Waals surface area contributed by atoms with Gasteiger partial charge in [0.25, 0.3) is 0 Å². The summed E-state index contributed by atoms with van der Waals surface area (Å²) in [4.78, 5) is 3.89. The Balaban J connectivity index is 3.01. The van der Waals surface area contributed by atoms with Crippen molar-refractivity contribution in [2.24, 2.45) is 0 Å². The van der Waals surface area contributed by atoms with Crippen molar-refractivity contribution >= 4 is 0 Å². The molecular weight excluding hydrogens is 126 g/mol. The van der Waals surface area contributed by atoms with E-state index >= 15 is 0 Å². The van der Waals surface area contributed by atoms with Gasteiger partial charge in [-0.1, -0.05) is 5.92 Å². The van der Waals surface area contributed by atoms with Crippen LogP contribution in [0.15, 0.2) is 18.3 Å². The van der Waals surface area contributed by atoms with Gasteiger partial charge in [0.15, 0.2) is 0 Å². The van der Waals surface area contributed by atoms with Crippen molar-refractivity contribution in [2.45, 2.75) is 0 Å². The normalized spacial score (nSPS) is 8.40. The Hall–Kier alpha value is -1.49. The average molecular weight is 133 g/mol. The summed E-state index contributed by atoms with van der Waals surface area (Å²) >= 11 is 0. The molecule has 10 heavy (non-hydrogen) atoms. The maximum absolute atomic E-state index is 5.11. The second-order valence-corrected chi connectivity index (χ2v) is 1.73. The molecule has 0 N–H and O–H groups in total. The van der Waals surface area contributed by atoms with Crippen molar-refractivity contribution in [3.63, 3.8) is 0 Å². The molecule has 0 atom stereocenters. The molecule has 0 spiro atoms. The van der Waals surface area contributed by atoms with Crippen molar-refractivity contribution in [3.05, 3.63) is 24.0 Å². The highest BCUT2D eigenvalue weighted by molar-refractivity contribution is 5.31. The number of rotatable bonds is 1. The zero-order valence-electron chi connectivity index (χ0n) is 5.66. The zero-order valence-corrected chi connectivity index (χ0v) is 5.66. The first-order valence-electron chi connectivity index (χ1n) is 2.83. The fraction of sp³-hybridized carbons (Fsp3) is 0.125. The van der Waals surface area contributed by atoms with E-state index in [4.69, 9.17) is 11.2 Å². The maximum Gasteiger partial charge on any atom is 0.123 e. The van der Waals surface area contributed by atoms with Gasteiger partial charge >= 0.3 is 0 Å². The molecule has 0 amide bonds. The number of ether oxygens (including phenoxy) is 1. The standard InChI is InChI=1S/C8H7NO/c1-3-7-6-8(10-2)4-5-9-7/h1,4-6H,2H3. The molecule has 0 aliphatic carbocycles. The van der Waals surface area contributed by atoms with Crippen LogP contribution < -0.4 is 4.74 Å². The Labute approximate surface area is 59.9 Å². The van der Waals surface area contributed by atoms with Gasteiger partial charge in [0, 0.05) is 12.3 Å². The van der Waals surface area contributed by atoms with Crippen LogP contribution in [0.2, 0.25) is 0 Å². The Morgan fingerprint density at radius 3 is 3.10 bits per heavy atom. The van der Waals surface area contributed by atoms with E-state index in [1.54, 1.807) is 25.4 Å². The minimum atomic E-state index is 0.597. The first kappa shape index (κ1) is 6.63. The topological polar surface area (TPSA) is 22.1 Å². The number of nitrogens with zero attached hydrogens (tertiary/aromatic N) is 1. The smallest absolute Gasteiger partial charge is 0.123 e. The number of terminal acetylenes is 1. The van der Waals surface area contributed by atoms with Gasteiger partial charge in [0.1, 0.15) is 11.4 Å². The Morgan fingerprint density at radius 2 is 2.50 bits per heavy atom. The molecule has 0 fully saturated rings. The van der Waals surface area contributed by atoms with E-state index < -0.39 is 0 Å². The summed E-state index contributed by atoms with van der Waals surface area (Å²) in [5.41, 5.74) is 0.597. The fourth-order valence-corrected chi connectivity index (χ4v) is 0.617. The summed E-state index contributed by atoms with van der Waals surface area (Å²) in [6, 6.07) is 3.46. The molecule has 1 heterocycles. The third-order valence-electron chi connectivity index (χ3n) is 1.11. The zero-order chi connectivity index (χ0) is 7.40.